The highest BCUT2D eigenvalue weighted by molar-refractivity contribution is 5.78. The Hall–Kier alpha value is -3.22. The van der Waals surface area contributed by atoms with Crippen molar-refractivity contribution in [1.29, 1.82) is 0 Å². The Morgan fingerprint density at radius 1 is 1.14 bits per heavy atom. The highest BCUT2D eigenvalue weighted by Crippen LogP contribution is 2.31. The van der Waals surface area contributed by atoms with Crippen molar-refractivity contribution in [2.24, 2.45) is 0 Å². The number of para-hydroxylation sites is 1. The number of likely N-dealkylation sites (tertiary alicyclic amines) is 1. The van der Waals surface area contributed by atoms with Gasteiger partial charge in [-0.25, -0.2) is 4.39 Å². The number of hydrogen-bond acceptors (Lipinski definition) is 5. The van der Waals surface area contributed by atoms with E-state index < -0.39 is 0 Å². The first-order valence-corrected chi connectivity index (χ1v) is 9.27. The van der Waals surface area contributed by atoms with Gasteiger partial charge in [-0.3, -0.25) is 4.79 Å². The maximum Gasteiger partial charge on any atom is 0.261 e. The molecular formula is C21H20FN3O3. The molecule has 0 bridgehead atoms. The maximum absolute atomic E-state index is 13.1. The topological polar surface area (TPSA) is 68.5 Å². The van der Waals surface area contributed by atoms with Crippen LogP contribution in [0, 0.1) is 5.82 Å². The summed E-state index contributed by atoms with van der Waals surface area (Å²) in [4.78, 5) is 18.9. The number of aromatic nitrogens is 2. The molecule has 28 heavy (non-hydrogen) atoms. The summed E-state index contributed by atoms with van der Waals surface area (Å²) < 4.78 is 24.2. The van der Waals surface area contributed by atoms with E-state index in [0.717, 1.165) is 19.3 Å². The van der Waals surface area contributed by atoms with E-state index in [4.69, 9.17) is 9.26 Å². The summed E-state index contributed by atoms with van der Waals surface area (Å²) in [5.74, 6) is 0.992. The number of carbonyl (C=O) groups is 1. The van der Waals surface area contributed by atoms with Gasteiger partial charge in [-0.05, 0) is 55.7 Å². The zero-order chi connectivity index (χ0) is 19.3. The van der Waals surface area contributed by atoms with E-state index in [1.54, 1.807) is 17.0 Å². The Bertz CT molecular complexity index is 928. The summed E-state index contributed by atoms with van der Waals surface area (Å²) in [6.07, 6.45) is 2.65. The van der Waals surface area contributed by atoms with Crippen LogP contribution in [0.5, 0.6) is 5.75 Å². The quantitative estimate of drug-likeness (QED) is 0.668. The molecule has 2 heterocycles. The third kappa shape index (κ3) is 4.03. The van der Waals surface area contributed by atoms with Crippen LogP contribution in [0.15, 0.2) is 59.1 Å². The molecule has 4 rings (SSSR count). The predicted octanol–water partition coefficient (Wildman–Crippen LogP) is 4.01. The molecule has 1 fully saturated rings. The number of ether oxygens (including phenoxy) is 1. The van der Waals surface area contributed by atoms with Crippen LogP contribution in [-0.4, -0.2) is 34.1 Å². The van der Waals surface area contributed by atoms with Gasteiger partial charge >= 0.3 is 0 Å². The molecule has 3 aromatic rings. The molecule has 2 aromatic carbocycles. The van der Waals surface area contributed by atoms with Crippen LogP contribution in [0.4, 0.5) is 4.39 Å². The van der Waals surface area contributed by atoms with Gasteiger partial charge in [0, 0.05) is 12.1 Å². The van der Waals surface area contributed by atoms with Gasteiger partial charge in [0.1, 0.15) is 17.6 Å². The lowest BCUT2D eigenvalue weighted by Crippen LogP contribution is -2.41. The Balaban J connectivity index is 1.47. The maximum atomic E-state index is 13.1. The summed E-state index contributed by atoms with van der Waals surface area (Å²) in [5, 5.41) is 4.00. The first-order valence-electron chi connectivity index (χ1n) is 9.27. The fourth-order valence-corrected chi connectivity index (χ4v) is 3.32. The molecule has 0 N–H and O–H groups in total. The van der Waals surface area contributed by atoms with Crippen molar-refractivity contribution in [2.75, 3.05) is 13.2 Å². The Labute approximate surface area is 161 Å². The normalized spacial score (nSPS) is 16.8. The van der Waals surface area contributed by atoms with Gasteiger partial charge in [-0.15, -0.1) is 0 Å². The van der Waals surface area contributed by atoms with E-state index in [0.29, 0.717) is 29.6 Å². The molecule has 1 aromatic heterocycles. The zero-order valence-corrected chi connectivity index (χ0v) is 15.3. The molecule has 1 atom stereocenters. The molecule has 0 unspecified atom stereocenters. The number of piperidine rings is 1. The van der Waals surface area contributed by atoms with Crippen molar-refractivity contribution in [3.63, 3.8) is 0 Å². The van der Waals surface area contributed by atoms with E-state index in [1.165, 1.54) is 12.1 Å². The number of halogens is 1. The van der Waals surface area contributed by atoms with E-state index in [9.17, 15) is 9.18 Å². The minimum Gasteiger partial charge on any atom is -0.484 e. The highest BCUT2D eigenvalue weighted by atomic mass is 19.1. The number of amides is 1. The lowest BCUT2D eigenvalue weighted by molar-refractivity contribution is -0.138. The molecule has 1 saturated heterocycles. The van der Waals surface area contributed by atoms with Gasteiger partial charge in [0.2, 0.25) is 11.7 Å². The summed E-state index contributed by atoms with van der Waals surface area (Å²) in [6, 6.07) is 14.9. The van der Waals surface area contributed by atoms with Crippen LogP contribution in [0.2, 0.25) is 0 Å². The van der Waals surface area contributed by atoms with E-state index >= 15 is 0 Å². The van der Waals surface area contributed by atoms with Gasteiger partial charge in [0.25, 0.3) is 5.91 Å². The van der Waals surface area contributed by atoms with E-state index in [2.05, 4.69) is 10.1 Å². The Morgan fingerprint density at radius 2 is 1.93 bits per heavy atom. The Morgan fingerprint density at radius 3 is 2.71 bits per heavy atom. The molecule has 1 amide bonds. The lowest BCUT2D eigenvalue weighted by atomic mass is 10.0. The molecule has 1 aliphatic heterocycles. The third-order valence-electron chi connectivity index (χ3n) is 4.76. The summed E-state index contributed by atoms with van der Waals surface area (Å²) in [7, 11) is 0. The molecule has 7 heteroatoms. The monoisotopic (exact) mass is 381 g/mol. The van der Waals surface area contributed by atoms with Crippen molar-refractivity contribution < 1.29 is 18.4 Å². The molecule has 1 aliphatic rings. The summed E-state index contributed by atoms with van der Waals surface area (Å²) >= 11 is 0. The molecule has 0 aliphatic carbocycles. The summed E-state index contributed by atoms with van der Waals surface area (Å²) in [5.41, 5.74) is 0.664. The van der Waals surface area contributed by atoms with Gasteiger partial charge in [-0.1, -0.05) is 23.4 Å². The first-order chi connectivity index (χ1) is 13.7. The number of benzene rings is 2. The van der Waals surface area contributed by atoms with Crippen LogP contribution in [0.1, 0.15) is 31.2 Å². The minimum atomic E-state index is -0.324. The van der Waals surface area contributed by atoms with Gasteiger partial charge < -0.3 is 14.2 Å². The second-order valence-electron chi connectivity index (χ2n) is 6.66. The van der Waals surface area contributed by atoms with Crippen molar-refractivity contribution in [2.45, 2.75) is 25.3 Å². The predicted molar refractivity (Wildman–Crippen MR) is 99.9 cm³/mol. The lowest BCUT2D eigenvalue weighted by Gasteiger charge is -2.33. The highest BCUT2D eigenvalue weighted by Gasteiger charge is 2.32. The average molecular weight is 381 g/mol. The second-order valence-corrected chi connectivity index (χ2v) is 6.66. The van der Waals surface area contributed by atoms with Crippen LogP contribution >= 0.6 is 0 Å². The second kappa shape index (κ2) is 8.21. The van der Waals surface area contributed by atoms with E-state index in [-0.39, 0.29) is 24.4 Å². The molecule has 0 spiro atoms. The van der Waals surface area contributed by atoms with Gasteiger partial charge in [0.15, 0.2) is 6.61 Å². The van der Waals surface area contributed by atoms with Crippen molar-refractivity contribution in [1.82, 2.24) is 15.0 Å². The SMILES string of the molecule is O=C(COc1ccccc1)N1CCCC[C@@H]1c1nc(-c2ccc(F)cc2)no1. The largest absolute Gasteiger partial charge is 0.484 e. The molecule has 144 valence electrons. The number of nitrogens with zero attached hydrogens (tertiary/aromatic N) is 3. The smallest absolute Gasteiger partial charge is 0.261 e. The van der Waals surface area contributed by atoms with Crippen LogP contribution in [0.3, 0.4) is 0 Å². The number of carbonyl (C=O) groups excluding carboxylic acids is 1. The molecular weight excluding hydrogens is 361 g/mol. The molecule has 0 saturated carbocycles. The average Bonchev–Trinajstić information content (AvgIpc) is 3.23. The van der Waals surface area contributed by atoms with Gasteiger partial charge in [0.05, 0.1) is 0 Å². The van der Waals surface area contributed by atoms with Crippen LogP contribution in [0.25, 0.3) is 11.4 Å². The van der Waals surface area contributed by atoms with Crippen LogP contribution < -0.4 is 4.74 Å². The summed E-state index contributed by atoms with van der Waals surface area (Å²) in [6.45, 7) is 0.579. The van der Waals surface area contributed by atoms with Crippen molar-refractivity contribution in [3.8, 4) is 17.1 Å². The first kappa shape index (κ1) is 18.2. The molecule has 6 nitrogen and oxygen atoms in total. The number of rotatable bonds is 5. The standard InChI is InChI=1S/C21H20FN3O3/c22-16-11-9-15(10-12-16)20-23-21(28-24-20)18-8-4-5-13-25(18)19(26)14-27-17-6-2-1-3-7-17/h1-3,6-7,9-12,18H,4-5,8,13-14H2/t18-/m1/s1. The van der Waals surface area contributed by atoms with Crippen molar-refractivity contribution in [3.05, 3.63) is 66.3 Å². The Kier molecular flexibility index (Phi) is 5.32. The van der Waals surface area contributed by atoms with Crippen LogP contribution in [-0.2, 0) is 4.79 Å². The third-order valence-corrected chi connectivity index (χ3v) is 4.76. The van der Waals surface area contributed by atoms with E-state index in [1.807, 2.05) is 30.3 Å². The minimum absolute atomic E-state index is 0.0422. The fourth-order valence-electron chi connectivity index (χ4n) is 3.32. The van der Waals surface area contributed by atoms with Gasteiger partial charge in [-0.2, -0.15) is 4.98 Å². The fraction of sp³-hybridized carbons (Fsp3) is 0.286. The molecule has 0 radical (unpaired) electrons. The van der Waals surface area contributed by atoms with Crippen molar-refractivity contribution >= 4 is 5.91 Å². The number of hydrogen-bond donors (Lipinski definition) is 0. The zero-order valence-electron chi connectivity index (χ0n) is 15.3.